The Bertz CT molecular complexity index is 813. The molecule has 2 N–H and O–H groups in total. The van der Waals surface area contributed by atoms with Gasteiger partial charge in [0.2, 0.25) is 10.3 Å². The molecule has 0 saturated carbocycles. The van der Waals surface area contributed by atoms with Gasteiger partial charge in [-0.25, -0.2) is 4.79 Å². The number of anilines is 2. The number of urea groups is 1. The Morgan fingerprint density at radius 3 is 2.83 bits per heavy atom. The first-order chi connectivity index (χ1) is 14.0. The van der Waals surface area contributed by atoms with Gasteiger partial charge in [-0.15, -0.1) is 10.2 Å². The zero-order chi connectivity index (χ0) is 20.6. The second-order valence-electron chi connectivity index (χ2n) is 7.15. The van der Waals surface area contributed by atoms with Crippen molar-refractivity contribution in [2.45, 2.75) is 39.2 Å². The molecule has 2 aromatic rings. The number of ether oxygens (including phenoxy) is 1. The third-order valence-electron chi connectivity index (χ3n) is 4.75. The van der Waals surface area contributed by atoms with Crippen LogP contribution in [0.1, 0.15) is 44.7 Å². The number of carbonyl (C=O) groups is 2. The zero-order valence-corrected chi connectivity index (χ0v) is 17.6. The summed E-state index contributed by atoms with van der Waals surface area (Å²) in [7, 11) is 0. The van der Waals surface area contributed by atoms with Gasteiger partial charge in [0.25, 0.3) is 0 Å². The van der Waals surface area contributed by atoms with Gasteiger partial charge < -0.3 is 15.0 Å². The Morgan fingerprint density at radius 2 is 2.10 bits per heavy atom. The van der Waals surface area contributed by atoms with E-state index in [1.807, 2.05) is 30.3 Å². The van der Waals surface area contributed by atoms with Crippen LogP contribution < -0.4 is 15.5 Å². The molecule has 2 amide bonds. The van der Waals surface area contributed by atoms with Gasteiger partial charge >= 0.3 is 12.0 Å². The average molecular weight is 418 g/mol. The Hall–Kier alpha value is -2.68. The van der Waals surface area contributed by atoms with E-state index in [0.717, 1.165) is 30.2 Å². The van der Waals surface area contributed by atoms with Crippen molar-refractivity contribution in [2.75, 3.05) is 29.9 Å². The number of nitrogens with zero attached hydrogens (tertiary/aromatic N) is 3. The minimum atomic E-state index is -0.495. The number of benzene rings is 1. The lowest BCUT2D eigenvalue weighted by molar-refractivity contribution is -0.143. The average Bonchev–Trinajstić information content (AvgIpc) is 3.17. The first kappa shape index (κ1) is 21.0. The minimum Gasteiger partial charge on any atom is -0.466 e. The summed E-state index contributed by atoms with van der Waals surface area (Å²) < 4.78 is 5.04. The quantitative estimate of drug-likeness (QED) is 0.669. The van der Waals surface area contributed by atoms with Crippen molar-refractivity contribution in [3.8, 4) is 0 Å². The Labute approximate surface area is 174 Å². The summed E-state index contributed by atoms with van der Waals surface area (Å²) in [6.45, 7) is 6.20. The molecular formula is C20H27N5O3S. The van der Waals surface area contributed by atoms with Crippen LogP contribution in [0.5, 0.6) is 0 Å². The Kier molecular flexibility index (Phi) is 7.40. The van der Waals surface area contributed by atoms with Crippen LogP contribution in [-0.2, 0) is 9.53 Å². The molecule has 1 aromatic carbocycles. The summed E-state index contributed by atoms with van der Waals surface area (Å²) >= 11 is 1.35. The molecule has 1 saturated heterocycles. The number of aromatic nitrogens is 2. The summed E-state index contributed by atoms with van der Waals surface area (Å²) in [4.78, 5) is 26.7. The van der Waals surface area contributed by atoms with Crippen LogP contribution in [0.25, 0.3) is 0 Å². The van der Waals surface area contributed by atoms with Crippen LogP contribution >= 0.6 is 11.3 Å². The van der Waals surface area contributed by atoms with Gasteiger partial charge in [0.05, 0.1) is 19.1 Å². The highest BCUT2D eigenvalue weighted by molar-refractivity contribution is 7.19. The van der Waals surface area contributed by atoms with Crippen molar-refractivity contribution >= 4 is 33.6 Å². The predicted octanol–water partition coefficient (Wildman–Crippen LogP) is 3.59. The molecule has 1 fully saturated rings. The van der Waals surface area contributed by atoms with Crippen LogP contribution in [0.2, 0.25) is 0 Å². The van der Waals surface area contributed by atoms with Crippen LogP contribution in [0.4, 0.5) is 15.1 Å². The molecule has 2 atom stereocenters. The molecule has 0 unspecified atom stereocenters. The fourth-order valence-electron chi connectivity index (χ4n) is 3.37. The third kappa shape index (κ3) is 6.15. The third-order valence-corrected chi connectivity index (χ3v) is 5.65. The van der Waals surface area contributed by atoms with Crippen molar-refractivity contribution in [1.29, 1.82) is 0 Å². The predicted molar refractivity (Wildman–Crippen MR) is 113 cm³/mol. The molecule has 9 heteroatoms. The van der Waals surface area contributed by atoms with Gasteiger partial charge in [-0.1, -0.05) is 48.6 Å². The first-order valence-corrected chi connectivity index (χ1v) is 10.7. The highest BCUT2D eigenvalue weighted by Gasteiger charge is 2.22. The lowest BCUT2D eigenvalue weighted by atomic mass is 10.0. The topological polar surface area (TPSA) is 96.4 Å². The highest BCUT2D eigenvalue weighted by Crippen LogP contribution is 2.28. The summed E-state index contributed by atoms with van der Waals surface area (Å²) in [5, 5.41) is 15.1. The minimum absolute atomic E-state index is 0.0539. The second kappa shape index (κ2) is 10.2. The van der Waals surface area contributed by atoms with Crippen molar-refractivity contribution < 1.29 is 14.3 Å². The Morgan fingerprint density at radius 1 is 1.31 bits per heavy atom. The molecule has 3 rings (SSSR count). The summed E-state index contributed by atoms with van der Waals surface area (Å²) in [6, 6.07) is 8.42. The van der Waals surface area contributed by atoms with Gasteiger partial charge in [0, 0.05) is 13.1 Å². The fourth-order valence-corrected chi connectivity index (χ4v) is 4.15. The van der Waals surface area contributed by atoms with Crippen LogP contribution in [-0.4, -0.2) is 41.9 Å². The van der Waals surface area contributed by atoms with E-state index < -0.39 is 12.1 Å². The van der Waals surface area contributed by atoms with Gasteiger partial charge in [0.1, 0.15) is 0 Å². The number of nitrogens with one attached hydrogen (secondary N) is 2. The van der Waals surface area contributed by atoms with Crippen molar-refractivity contribution in [1.82, 2.24) is 15.5 Å². The van der Waals surface area contributed by atoms with Crippen molar-refractivity contribution in [2.24, 2.45) is 5.92 Å². The van der Waals surface area contributed by atoms with E-state index in [1.165, 1.54) is 17.8 Å². The lowest BCUT2D eigenvalue weighted by Gasteiger charge is -2.29. The number of hydrogen-bond acceptors (Lipinski definition) is 7. The smallest absolute Gasteiger partial charge is 0.321 e. The zero-order valence-electron chi connectivity index (χ0n) is 16.8. The van der Waals surface area contributed by atoms with E-state index in [2.05, 4.69) is 32.7 Å². The molecule has 0 spiro atoms. The summed E-state index contributed by atoms with van der Waals surface area (Å²) in [5.41, 5.74) is 0.830. The maximum atomic E-state index is 12.5. The van der Waals surface area contributed by atoms with E-state index in [9.17, 15) is 9.59 Å². The van der Waals surface area contributed by atoms with Crippen LogP contribution in [0.3, 0.4) is 0 Å². The second-order valence-corrected chi connectivity index (χ2v) is 8.11. The first-order valence-electron chi connectivity index (χ1n) is 9.91. The number of amides is 2. The van der Waals surface area contributed by atoms with Crippen LogP contribution in [0.15, 0.2) is 30.3 Å². The fraction of sp³-hybridized carbons (Fsp3) is 0.500. The van der Waals surface area contributed by atoms with E-state index in [1.54, 1.807) is 6.92 Å². The number of rotatable bonds is 7. The van der Waals surface area contributed by atoms with E-state index in [0.29, 0.717) is 17.7 Å². The molecule has 1 aliphatic rings. The van der Waals surface area contributed by atoms with Crippen molar-refractivity contribution in [3.05, 3.63) is 35.9 Å². The largest absolute Gasteiger partial charge is 0.466 e. The summed E-state index contributed by atoms with van der Waals surface area (Å²) in [6.07, 6.45) is 2.42. The number of esters is 1. The van der Waals surface area contributed by atoms with E-state index in [4.69, 9.17) is 4.74 Å². The number of piperidine rings is 1. The lowest BCUT2D eigenvalue weighted by Crippen LogP contribution is -2.34. The van der Waals surface area contributed by atoms with Gasteiger partial charge in [-0.3, -0.25) is 10.1 Å². The van der Waals surface area contributed by atoms with Gasteiger partial charge in [-0.2, -0.15) is 0 Å². The standard InChI is InChI=1S/C20H27N5O3S/c1-3-28-17(26)12-16(15-9-5-4-6-10-15)21-18(27)22-19-23-24-20(29-19)25-11-7-8-14(2)13-25/h4-6,9-10,14,16H,3,7-8,11-13H2,1-2H3,(H2,21,22,23,27)/t14-,16-/m0/s1. The molecule has 156 valence electrons. The molecule has 29 heavy (non-hydrogen) atoms. The molecule has 0 bridgehead atoms. The molecular weight excluding hydrogens is 390 g/mol. The monoisotopic (exact) mass is 417 g/mol. The van der Waals surface area contributed by atoms with Gasteiger partial charge in [0.15, 0.2) is 0 Å². The maximum Gasteiger partial charge on any atom is 0.321 e. The molecule has 1 aliphatic heterocycles. The number of carbonyl (C=O) groups excluding carboxylic acids is 2. The summed E-state index contributed by atoms with van der Waals surface area (Å²) in [5.74, 6) is 0.265. The molecule has 0 radical (unpaired) electrons. The maximum absolute atomic E-state index is 12.5. The van der Waals surface area contributed by atoms with E-state index in [-0.39, 0.29) is 12.4 Å². The SMILES string of the molecule is CCOC(=O)C[C@H](NC(=O)Nc1nnc(N2CCC[C@H](C)C2)s1)c1ccccc1. The molecule has 2 heterocycles. The highest BCUT2D eigenvalue weighted by atomic mass is 32.1. The van der Waals surface area contributed by atoms with Gasteiger partial charge in [-0.05, 0) is 31.2 Å². The normalized spacial score (nSPS) is 17.4. The molecule has 8 nitrogen and oxygen atoms in total. The van der Waals surface area contributed by atoms with Crippen LogP contribution in [0, 0.1) is 5.92 Å². The molecule has 0 aliphatic carbocycles. The number of hydrogen-bond donors (Lipinski definition) is 2. The molecule has 1 aromatic heterocycles. The Balaban J connectivity index is 1.62. The van der Waals surface area contributed by atoms with Crippen molar-refractivity contribution in [3.63, 3.8) is 0 Å². The van der Waals surface area contributed by atoms with E-state index >= 15 is 0 Å².